The molecule has 0 aliphatic carbocycles. The molecule has 0 aromatic heterocycles. The van der Waals surface area contributed by atoms with Gasteiger partial charge in [0.15, 0.2) is 0 Å². The third kappa shape index (κ3) is 4.00. The molecule has 0 spiro atoms. The number of ether oxygens (including phenoxy) is 1. The maximum atomic E-state index is 8.92. The van der Waals surface area contributed by atoms with E-state index in [4.69, 9.17) is 9.84 Å². The predicted octanol–water partition coefficient (Wildman–Crippen LogP) is 2.50. The first-order valence-electron chi connectivity index (χ1n) is 8.55. The largest absolute Gasteiger partial charge is 0.494 e. The molecule has 1 atom stereocenters. The number of aliphatic hydroxyl groups is 1. The molecule has 4 nitrogen and oxygen atoms in total. The van der Waals surface area contributed by atoms with Crippen LogP contribution in [0.2, 0.25) is 0 Å². The van der Waals surface area contributed by atoms with E-state index >= 15 is 0 Å². The highest BCUT2D eigenvalue weighted by Crippen LogP contribution is 2.34. The molecule has 4 heteroatoms. The van der Waals surface area contributed by atoms with Gasteiger partial charge in [0.1, 0.15) is 5.75 Å². The first-order valence-corrected chi connectivity index (χ1v) is 8.55. The van der Waals surface area contributed by atoms with Crippen molar-refractivity contribution in [1.82, 2.24) is 10.2 Å². The van der Waals surface area contributed by atoms with Gasteiger partial charge in [-0.25, -0.2) is 0 Å². The van der Waals surface area contributed by atoms with Gasteiger partial charge in [0.05, 0.1) is 13.2 Å². The second-order valence-corrected chi connectivity index (χ2v) is 5.95. The number of nitrogens with zero attached hydrogens (tertiary/aromatic N) is 1. The van der Waals surface area contributed by atoms with Crippen molar-refractivity contribution in [2.45, 2.75) is 46.2 Å². The van der Waals surface area contributed by atoms with Crippen LogP contribution in [0.4, 0.5) is 0 Å². The molecule has 0 radical (unpaired) electrons. The summed E-state index contributed by atoms with van der Waals surface area (Å²) in [6, 6.07) is 4.99. The minimum atomic E-state index is 0.165. The zero-order chi connectivity index (χ0) is 15.9. The predicted molar refractivity (Wildman–Crippen MR) is 90.4 cm³/mol. The fourth-order valence-corrected chi connectivity index (χ4v) is 3.27. The summed E-state index contributed by atoms with van der Waals surface area (Å²) < 4.78 is 5.86. The van der Waals surface area contributed by atoms with E-state index in [1.807, 2.05) is 6.92 Å². The fourth-order valence-electron chi connectivity index (χ4n) is 3.27. The third-order valence-corrected chi connectivity index (χ3v) is 4.40. The number of fused-ring (bicyclic) bond motifs is 1. The van der Waals surface area contributed by atoms with Gasteiger partial charge in [-0.15, -0.1) is 0 Å². The van der Waals surface area contributed by atoms with Crippen LogP contribution in [0, 0.1) is 0 Å². The summed E-state index contributed by atoms with van der Waals surface area (Å²) in [6.07, 6.45) is 2.31. The summed E-state index contributed by atoms with van der Waals surface area (Å²) >= 11 is 0. The van der Waals surface area contributed by atoms with E-state index in [1.54, 1.807) is 0 Å². The van der Waals surface area contributed by atoms with Crippen LogP contribution < -0.4 is 10.1 Å². The van der Waals surface area contributed by atoms with Gasteiger partial charge in [-0.2, -0.15) is 0 Å². The molecule has 124 valence electrons. The first kappa shape index (κ1) is 17.3. The van der Waals surface area contributed by atoms with Gasteiger partial charge < -0.3 is 15.2 Å². The van der Waals surface area contributed by atoms with Gasteiger partial charge in [0.25, 0.3) is 0 Å². The Morgan fingerprint density at radius 3 is 2.86 bits per heavy atom. The van der Waals surface area contributed by atoms with Crippen molar-refractivity contribution in [2.75, 3.05) is 32.8 Å². The SMILES string of the molecule is CCCN1CCc2cc(CNCCO)c(OCC)cc2C1C. The summed E-state index contributed by atoms with van der Waals surface area (Å²) in [5, 5.41) is 12.2. The number of rotatable bonds is 8. The zero-order valence-electron chi connectivity index (χ0n) is 14.2. The normalized spacial score (nSPS) is 18.3. The Bertz CT molecular complexity index is 476. The van der Waals surface area contributed by atoms with E-state index in [0.29, 0.717) is 19.2 Å². The van der Waals surface area contributed by atoms with E-state index in [0.717, 1.165) is 31.8 Å². The first-order chi connectivity index (χ1) is 10.7. The molecule has 0 amide bonds. The molecule has 0 bridgehead atoms. The van der Waals surface area contributed by atoms with Gasteiger partial charge in [0.2, 0.25) is 0 Å². The zero-order valence-corrected chi connectivity index (χ0v) is 14.2. The molecule has 1 aromatic carbocycles. The molecule has 22 heavy (non-hydrogen) atoms. The second kappa shape index (κ2) is 8.51. The van der Waals surface area contributed by atoms with Crippen LogP contribution in [0.25, 0.3) is 0 Å². The third-order valence-electron chi connectivity index (χ3n) is 4.40. The van der Waals surface area contributed by atoms with Crippen LogP contribution in [0.1, 0.15) is 49.9 Å². The van der Waals surface area contributed by atoms with E-state index in [-0.39, 0.29) is 6.61 Å². The van der Waals surface area contributed by atoms with Crippen molar-refractivity contribution in [3.05, 3.63) is 28.8 Å². The van der Waals surface area contributed by atoms with Crippen LogP contribution in [0.5, 0.6) is 5.75 Å². The van der Waals surface area contributed by atoms with Gasteiger partial charge >= 0.3 is 0 Å². The molecule has 1 aliphatic heterocycles. The Balaban J connectivity index is 2.24. The summed E-state index contributed by atoms with van der Waals surface area (Å²) in [7, 11) is 0. The molecule has 0 saturated heterocycles. The summed E-state index contributed by atoms with van der Waals surface area (Å²) in [5.74, 6) is 0.983. The molecule has 2 N–H and O–H groups in total. The number of aliphatic hydroxyl groups excluding tert-OH is 1. The maximum Gasteiger partial charge on any atom is 0.124 e. The average Bonchev–Trinajstić information content (AvgIpc) is 2.52. The monoisotopic (exact) mass is 306 g/mol. The smallest absolute Gasteiger partial charge is 0.124 e. The van der Waals surface area contributed by atoms with Gasteiger partial charge in [-0.05, 0) is 50.4 Å². The number of benzene rings is 1. The van der Waals surface area contributed by atoms with Crippen molar-refractivity contribution >= 4 is 0 Å². The van der Waals surface area contributed by atoms with Crippen LogP contribution in [-0.4, -0.2) is 42.9 Å². The Kier molecular flexibility index (Phi) is 6.68. The number of hydrogen-bond donors (Lipinski definition) is 2. The minimum absolute atomic E-state index is 0.165. The Morgan fingerprint density at radius 2 is 2.18 bits per heavy atom. The molecule has 0 fully saturated rings. The Labute approximate surface area is 134 Å². The molecule has 1 heterocycles. The number of nitrogens with one attached hydrogen (secondary N) is 1. The standard InChI is InChI=1S/C18H30N2O2/c1-4-8-20-9-6-15-11-16(13-19-7-10-21)18(22-5-2)12-17(15)14(20)3/h11-12,14,19,21H,4-10,13H2,1-3H3. The van der Waals surface area contributed by atoms with Crippen molar-refractivity contribution < 1.29 is 9.84 Å². The van der Waals surface area contributed by atoms with Gasteiger partial charge in [-0.3, -0.25) is 4.90 Å². The van der Waals surface area contributed by atoms with Crippen molar-refractivity contribution in [3.63, 3.8) is 0 Å². The molecule has 1 aromatic rings. The highest BCUT2D eigenvalue weighted by atomic mass is 16.5. The summed E-state index contributed by atoms with van der Waals surface area (Å²) in [6.45, 7) is 11.1. The molecule has 0 saturated carbocycles. The fraction of sp³-hybridized carbons (Fsp3) is 0.667. The quantitative estimate of drug-likeness (QED) is 0.724. The van der Waals surface area contributed by atoms with E-state index in [2.05, 4.69) is 36.2 Å². The molecule has 2 rings (SSSR count). The van der Waals surface area contributed by atoms with E-state index in [1.165, 1.54) is 23.1 Å². The second-order valence-electron chi connectivity index (χ2n) is 5.95. The van der Waals surface area contributed by atoms with Crippen LogP contribution in [-0.2, 0) is 13.0 Å². The molecule has 1 aliphatic rings. The number of hydrogen-bond acceptors (Lipinski definition) is 4. The molecule has 1 unspecified atom stereocenters. The topological polar surface area (TPSA) is 44.7 Å². The molecular weight excluding hydrogens is 276 g/mol. The van der Waals surface area contributed by atoms with Gasteiger partial charge in [-0.1, -0.05) is 13.0 Å². The summed E-state index contributed by atoms with van der Waals surface area (Å²) in [5.41, 5.74) is 4.06. The van der Waals surface area contributed by atoms with Crippen LogP contribution >= 0.6 is 0 Å². The lowest BCUT2D eigenvalue weighted by Gasteiger charge is -2.35. The van der Waals surface area contributed by atoms with E-state index in [9.17, 15) is 0 Å². The maximum absolute atomic E-state index is 8.92. The van der Waals surface area contributed by atoms with E-state index < -0.39 is 0 Å². The molecular formula is C18H30N2O2. The van der Waals surface area contributed by atoms with Gasteiger partial charge in [0, 0.05) is 31.2 Å². The highest BCUT2D eigenvalue weighted by molar-refractivity contribution is 5.45. The Hall–Kier alpha value is -1.10. The van der Waals surface area contributed by atoms with Crippen molar-refractivity contribution in [1.29, 1.82) is 0 Å². The Morgan fingerprint density at radius 1 is 1.36 bits per heavy atom. The van der Waals surface area contributed by atoms with Crippen LogP contribution in [0.3, 0.4) is 0 Å². The lowest BCUT2D eigenvalue weighted by Crippen LogP contribution is -2.34. The van der Waals surface area contributed by atoms with Crippen LogP contribution in [0.15, 0.2) is 12.1 Å². The highest BCUT2D eigenvalue weighted by Gasteiger charge is 2.24. The minimum Gasteiger partial charge on any atom is -0.494 e. The average molecular weight is 306 g/mol. The lowest BCUT2D eigenvalue weighted by atomic mass is 9.91. The van der Waals surface area contributed by atoms with Crippen molar-refractivity contribution in [2.24, 2.45) is 0 Å². The lowest BCUT2D eigenvalue weighted by molar-refractivity contribution is 0.198. The summed E-state index contributed by atoms with van der Waals surface area (Å²) in [4.78, 5) is 2.56. The van der Waals surface area contributed by atoms with Crippen molar-refractivity contribution in [3.8, 4) is 5.75 Å².